The molecule has 2 N–H and O–H groups in total. The van der Waals surface area contributed by atoms with Crippen LogP contribution in [-0.4, -0.2) is 11.0 Å². The van der Waals surface area contributed by atoms with Crippen molar-refractivity contribution in [2.75, 3.05) is 0 Å². The van der Waals surface area contributed by atoms with Crippen LogP contribution >= 0.6 is 0 Å². The quantitative estimate of drug-likeness (QED) is 0.716. The average Bonchev–Trinajstić information content (AvgIpc) is 2.34. The van der Waals surface area contributed by atoms with Crippen molar-refractivity contribution < 1.29 is 9.90 Å². The maximum atomic E-state index is 11.3. The van der Waals surface area contributed by atoms with Crippen molar-refractivity contribution in [1.82, 2.24) is 5.32 Å². The molecule has 0 unspecified atom stereocenters. The van der Waals surface area contributed by atoms with Crippen molar-refractivity contribution in [3.63, 3.8) is 0 Å². The fourth-order valence-corrected chi connectivity index (χ4v) is 1.28. The van der Waals surface area contributed by atoms with E-state index in [0.29, 0.717) is 19.4 Å². The molecule has 0 spiro atoms. The van der Waals surface area contributed by atoms with Crippen molar-refractivity contribution in [3.05, 3.63) is 48.0 Å². The van der Waals surface area contributed by atoms with Gasteiger partial charge in [0.05, 0.1) is 6.61 Å². The van der Waals surface area contributed by atoms with Crippen LogP contribution < -0.4 is 5.32 Å². The minimum atomic E-state index is 0.0335. The molecule has 0 aliphatic rings. The molecule has 0 heterocycles. The highest BCUT2D eigenvalue weighted by Gasteiger charge is 1.99. The minimum absolute atomic E-state index is 0.0335. The third-order valence-electron chi connectivity index (χ3n) is 2.27. The Balaban J connectivity index is 2.36. The van der Waals surface area contributed by atoms with E-state index in [2.05, 4.69) is 11.9 Å². The Labute approximate surface area is 95.8 Å². The van der Waals surface area contributed by atoms with Crippen molar-refractivity contribution in [2.45, 2.75) is 26.0 Å². The van der Waals surface area contributed by atoms with Crippen LogP contribution in [0.5, 0.6) is 0 Å². The molecule has 16 heavy (non-hydrogen) atoms. The number of carbonyl (C=O) groups excluding carboxylic acids is 1. The molecule has 0 fully saturated rings. The summed E-state index contributed by atoms with van der Waals surface area (Å²) in [5.74, 6) is 0.0335. The smallest absolute Gasteiger partial charge is 0.220 e. The van der Waals surface area contributed by atoms with Gasteiger partial charge in [-0.1, -0.05) is 30.3 Å². The highest BCUT2D eigenvalue weighted by molar-refractivity contribution is 5.75. The van der Waals surface area contributed by atoms with Crippen LogP contribution in [-0.2, 0) is 17.9 Å². The molecule has 1 rings (SSSR count). The zero-order chi connectivity index (χ0) is 11.8. The number of aliphatic hydroxyl groups excluding tert-OH is 1. The second-order valence-corrected chi connectivity index (χ2v) is 3.58. The van der Waals surface area contributed by atoms with Gasteiger partial charge in [0.25, 0.3) is 0 Å². The van der Waals surface area contributed by atoms with E-state index in [4.69, 9.17) is 5.11 Å². The zero-order valence-electron chi connectivity index (χ0n) is 9.28. The van der Waals surface area contributed by atoms with Crippen molar-refractivity contribution in [2.24, 2.45) is 0 Å². The van der Waals surface area contributed by atoms with Gasteiger partial charge >= 0.3 is 0 Å². The van der Waals surface area contributed by atoms with Gasteiger partial charge < -0.3 is 10.4 Å². The third kappa shape index (κ3) is 4.28. The van der Waals surface area contributed by atoms with Crippen molar-refractivity contribution in [3.8, 4) is 0 Å². The highest BCUT2D eigenvalue weighted by Crippen LogP contribution is 2.04. The number of benzene rings is 1. The molecule has 0 aliphatic heterocycles. The van der Waals surface area contributed by atoms with Crippen LogP contribution in [0.2, 0.25) is 0 Å². The standard InChI is InChI=1S/C13H17NO2/c1-2-3-4-13(16)14-9-11-5-7-12(10-15)8-6-11/h2,5-8,15H,1,3-4,9-10H2,(H,14,16). The van der Waals surface area contributed by atoms with E-state index in [1.807, 2.05) is 24.3 Å². The second kappa shape index (κ2) is 6.80. The molecule has 1 amide bonds. The molecule has 0 radical (unpaired) electrons. The number of hydrogen-bond donors (Lipinski definition) is 2. The van der Waals surface area contributed by atoms with Crippen LogP contribution in [0, 0.1) is 0 Å². The van der Waals surface area contributed by atoms with Crippen LogP contribution in [0.1, 0.15) is 24.0 Å². The zero-order valence-corrected chi connectivity index (χ0v) is 9.28. The van der Waals surface area contributed by atoms with Gasteiger partial charge in [-0.05, 0) is 17.5 Å². The van der Waals surface area contributed by atoms with Gasteiger partial charge in [0.1, 0.15) is 0 Å². The summed E-state index contributed by atoms with van der Waals surface area (Å²) in [6, 6.07) is 7.51. The summed E-state index contributed by atoms with van der Waals surface area (Å²) in [5.41, 5.74) is 1.91. The Morgan fingerprint density at radius 2 is 1.94 bits per heavy atom. The van der Waals surface area contributed by atoms with E-state index in [9.17, 15) is 4.79 Å². The molecule has 0 bridgehead atoms. The van der Waals surface area contributed by atoms with E-state index in [0.717, 1.165) is 11.1 Å². The molecule has 3 nitrogen and oxygen atoms in total. The molecular formula is C13H17NO2. The lowest BCUT2D eigenvalue weighted by molar-refractivity contribution is -0.121. The van der Waals surface area contributed by atoms with Crippen molar-refractivity contribution in [1.29, 1.82) is 0 Å². The number of allylic oxidation sites excluding steroid dienone is 1. The largest absolute Gasteiger partial charge is 0.392 e. The lowest BCUT2D eigenvalue weighted by Gasteiger charge is -2.05. The summed E-state index contributed by atoms with van der Waals surface area (Å²) in [7, 11) is 0. The lowest BCUT2D eigenvalue weighted by atomic mass is 10.1. The van der Waals surface area contributed by atoms with Crippen LogP contribution in [0.15, 0.2) is 36.9 Å². The second-order valence-electron chi connectivity index (χ2n) is 3.58. The summed E-state index contributed by atoms with van der Waals surface area (Å²) in [4.78, 5) is 11.3. The average molecular weight is 219 g/mol. The molecule has 0 atom stereocenters. The number of rotatable bonds is 6. The van der Waals surface area contributed by atoms with Gasteiger partial charge in [0.15, 0.2) is 0 Å². The molecule has 1 aromatic rings. The number of aliphatic hydroxyl groups is 1. The number of hydrogen-bond acceptors (Lipinski definition) is 2. The van der Waals surface area contributed by atoms with Gasteiger partial charge in [-0.25, -0.2) is 0 Å². The van der Waals surface area contributed by atoms with E-state index in [1.54, 1.807) is 6.08 Å². The molecule has 86 valence electrons. The summed E-state index contributed by atoms with van der Waals surface area (Å²) < 4.78 is 0. The summed E-state index contributed by atoms with van der Waals surface area (Å²) >= 11 is 0. The van der Waals surface area contributed by atoms with Gasteiger partial charge in [-0.15, -0.1) is 6.58 Å². The van der Waals surface area contributed by atoms with Gasteiger partial charge in [0, 0.05) is 13.0 Å². The first kappa shape index (κ1) is 12.5. The van der Waals surface area contributed by atoms with Gasteiger partial charge in [-0.3, -0.25) is 4.79 Å². The van der Waals surface area contributed by atoms with E-state index in [-0.39, 0.29) is 12.5 Å². The Morgan fingerprint density at radius 3 is 2.50 bits per heavy atom. The Kier molecular flexibility index (Phi) is 5.29. The van der Waals surface area contributed by atoms with Gasteiger partial charge in [0.2, 0.25) is 5.91 Å². The molecule has 3 heteroatoms. The number of carbonyl (C=O) groups is 1. The topological polar surface area (TPSA) is 49.3 Å². The summed E-state index contributed by atoms with van der Waals surface area (Å²) in [6.45, 7) is 4.14. The lowest BCUT2D eigenvalue weighted by Crippen LogP contribution is -2.22. The molecule has 1 aromatic carbocycles. The van der Waals surface area contributed by atoms with Crippen molar-refractivity contribution >= 4 is 5.91 Å². The first-order valence-electron chi connectivity index (χ1n) is 5.32. The predicted molar refractivity (Wildman–Crippen MR) is 63.6 cm³/mol. The maximum Gasteiger partial charge on any atom is 0.220 e. The Hall–Kier alpha value is -1.61. The van der Waals surface area contributed by atoms with E-state index >= 15 is 0 Å². The van der Waals surface area contributed by atoms with Crippen LogP contribution in [0.4, 0.5) is 0 Å². The van der Waals surface area contributed by atoms with Gasteiger partial charge in [-0.2, -0.15) is 0 Å². The number of nitrogens with one attached hydrogen (secondary N) is 1. The summed E-state index contributed by atoms with van der Waals surface area (Å²) in [5, 5.41) is 11.7. The van der Waals surface area contributed by atoms with E-state index < -0.39 is 0 Å². The van der Waals surface area contributed by atoms with Crippen LogP contribution in [0.3, 0.4) is 0 Å². The monoisotopic (exact) mass is 219 g/mol. The fraction of sp³-hybridized carbons (Fsp3) is 0.308. The minimum Gasteiger partial charge on any atom is -0.392 e. The molecule has 0 saturated carbocycles. The highest BCUT2D eigenvalue weighted by atomic mass is 16.3. The number of amides is 1. The predicted octanol–water partition coefficient (Wildman–Crippen LogP) is 1.76. The third-order valence-corrected chi connectivity index (χ3v) is 2.27. The first-order valence-corrected chi connectivity index (χ1v) is 5.32. The maximum absolute atomic E-state index is 11.3. The summed E-state index contributed by atoms with van der Waals surface area (Å²) in [6.07, 6.45) is 2.92. The SMILES string of the molecule is C=CCCC(=O)NCc1ccc(CO)cc1. The fourth-order valence-electron chi connectivity index (χ4n) is 1.28. The Morgan fingerprint density at radius 1 is 1.31 bits per heavy atom. The Bertz CT molecular complexity index is 343. The molecule has 0 saturated heterocycles. The molecule has 0 aliphatic carbocycles. The first-order chi connectivity index (χ1) is 7.76. The van der Waals surface area contributed by atoms with Crippen LogP contribution in [0.25, 0.3) is 0 Å². The molecular weight excluding hydrogens is 202 g/mol. The normalized spacial score (nSPS) is 9.81. The van der Waals surface area contributed by atoms with E-state index in [1.165, 1.54) is 0 Å². The molecule has 0 aromatic heterocycles.